The molecule has 0 amide bonds. The third-order valence-corrected chi connectivity index (χ3v) is 3.90. The van der Waals surface area contributed by atoms with E-state index < -0.39 is 5.97 Å². The summed E-state index contributed by atoms with van der Waals surface area (Å²) < 4.78 is 4.90. The number of likely N-dealkylation sites (N-methyl/N-ethyl adjacent to an activating group) is 1. The van der Waals surface area contributed by atoms with Gasteiger partial charge < -0.3 is 9.64 Å². The quantitative estimate of drug-likeness (QED) is 0.633. The molecular formula is C18H21NO3. The van der Waals surface area contributed by atoms with Gasteiger partial charge in [-0.2, -0.15) is 0 Å². The highest BCUT2D eigenvalue weighted by Crippen LogP contribution is 2.46. The van der Waals surface area contributed by atoms with E-state index in [9.17, 15) is 9.59 Å². The van der Waals surface area contributed by atoms with Gasteiger partial charge in [-0.05, 0) is 18.6 Å². The van der Waals surface area contributed by atoms with E-state index in [-0.39, 0.29) is 17.8 Å². The van der Waals surface area contributed by atoms with Gasteiger partial charge in [-0.25, -0.2) is 4.79 Å². The number of carbonyl (C=O) groups excluding carboxylic acids is 2. The second-order valence-corrected chi connectivity index (χ2v) is 5.80. The number of para-hydroxylation sites is 1. The Balaban J connectivity index is 2.19. The number of hydrogen-bond donors (Lipinski definition) is 0. The van der Waals surface area contributed by atoms with Crippen molar-refractivity contribution in [1.29, 1.82) is 0 Å². The fourth-order valence-corrected chi connectivity index (χ4v) is 2.78. The molecule has 116 valence electrons. The second kappa shape index (κ2) is 6.18. The number of rotatable bonds is 4. The summed E-state index contributed by atoms with van der Waals surface area (Å²) in [6, 6.07) is 8.09. The highest BCUT2D eigenvalue weighted by atomic mass is 16.5. The van der Waals surface area contributed by atoms with Gasteiger partial charge in [-0.15, -0.1) is 0 Å². The van der Waals surface area contributed by atoms with Crippen LogP contribution in [0.15, 0.2) is 48.2 Å². The number of benzene rings is 1. The summed E-state index contributed by atoms with van der Waals surface area (Å²) in [6.07, 6.45) is 4.45. The predicted octanol–water partition coefficient (Wildman–Crippen LogP) is 2.99. The second-order valence-electron chi connectivity index (χ2n) is 5.80. The minimum atomic E-state index is -0.503. The van der Waals surface area contributed by atoms with Crippen LogP contribution in [-0.2, 0) is 19.7 Å². The van der Waals surface area contributed by atoms with Crippen molar-refractivity contribution in [2.45, 2.75) is 26.2 Å². The minimum absolute atomic E-state index is 0.222. The molecule has 1 aromatic rings. The lowest BCUT2D eigenvalue weighted by Crippen LogP contribution is -2.25. The molecule has 0 radical (unpaired) electrons. The molecule has 0 bridgehead atoms. The zero-order valence-corrected chi connectivity index (χ0v) is 13.4. The average molecular weight is 299 g/mol. The lowest BCUT2D eigenvalue weighted by molar-refractivity contribution is -0.141. The summed E-state index contributed by atoms with van der Waals surface area (Å²) in [6.45, 7) is 5.64. The zero-order chi connectivity index (χ0) is 16.3. The van der Waals surface area contributed by atoms with Gasteiger partial charge in [-0.1, -0.05) is 38.1 Å². The Kier molecular flexibility index (Phi) is 4.50. The molecule has 0 N–H and O–H groups in total. The number of carbonyl (C=O) groups is 2. The van der Waals surface area contributed by atoms with Crippen LogP contribution >= 0.6 is 0 Å². The maximum Gasteiger partial charge on any atom is 0.330 e. The Hall–Kier alpha value is -2.36. The smallest absolute Gasteiger partial charge is 0.330 e. The Labute approximate surface area is 131 Å². The number of nitrogens with zero attached hydrogens (tertiary/aromatic N) is 1. The normalized spacial score (nSPS) is 17.8. The Bertz CT molecular complexity index is 656. The summed E-state index contributed by atoms with van der Waals surface area (Å²) in [5.41, 5.74) is 2.93. The maximum atomic E-state index is 12.1. The van der Waals surface area contributed by atoms with Gasteiger partial charge in [-0.3, -0.25) is 4.79 Å². The molecule has 22 heavy (non-hydrogen) atoms. The Morgan fingerprint density at radius 2 is 1.95 bits per heavy atom. The highest BCUT2D eigenvalue weighted by Gasteiger charge is 2.38. The van der Waals surface area contributed by atoms with E-state index in [4.69, 9.17) is 4.74 Å². The molecule has 0 spiro atoms. The third-order valence-electron chi connectivity index (χ3n) is 3.90. The van der Waals surface area contributed by atoms with Gasteiger partial charge in [0.1, 0.15) is 0 Å². The standard InChI is InChI=1S/C18H21NO3/c1-5-8-17(21)22-12-13(20)11-16-18(2,3)14-9-6-7-10-15(14)19(16)4/h5-11H,12H2,1-4H3. The van der Waals surface area contributed by atoms with Crippen molar-refractivity contribution in [3.63, 3.8) is 0 Å². The molecule has 1 aliphatic heterocycles. The van der Waals surface area contributed by atoms with E-state index in [1.807, 2.05) is 30.1 Å². The molecular weight excluding hydrogens is 278 g/mol. The largest absolute Gasteiger partial charge is 0.454 e. The van der Waals surface area contributed by atoms with Crippen molar-refractivity contribution in [1.82, 2.24) is 0 Å². The highest BCUT2D eigenvalue weighted by molar-refractivity contribution is 5.95. The molecule has 1 aromatic carbocycles. The number of hydrogen-bond acceptors (Lipinski definition) is 4. The average Bonchev–Trinajstić information content (AvgIpc) is 2.67. The minimum Gasteiger partial charge on any atom is -0.454 e. The van der Waals surface area contributed by atoms with Crippen molar-refractivity contribution in [3.8, 4) is 0 Å². The van der Waals surface area contributed by atoms with Gasteiger partial charge >= 0.3 is 5.97 Å². The van der Waals surface area contributed by atoms with Crippen LogP contribution in [0, 0.1) is 0 Å². The number of ether oxygens (including phenoxy) is 1. The Morgan fingerprint density at radius 3 is 2.59 bits per heavy atom. The van der Waals surface area contributed by atoms with E-state index in [0.717, 1.165) is 11.4 Å². The van der Waals surface area contributed by atoms with Crippen LogP contribution < -0.4 is 4.90 Å². The van der Waals surface area contributed by atoms with Crippen molar-refractivity contribution < 1.29 is 14.3 Å². The molecule has 0 saturated heterocycles. The molecule has 0 aromatic heterocycles. The van der Waals surface area contributed by atoms with Crippen LogP contribution in [0.3, 0.4) is 0 Å². The van der Waals surface area contributed by atoms with Crippen LogP contribution in [-0.4, -0.2) is 25.4 Å². The van der Waals surface area contributed by atoms with Gasteiger partial charge in [0.25, 0.3) is 0 Å². The van der Waals surface area contributed by atoms with Gasteiger partial charge in [0.2, 0.25) is 0 Å². The third kappa shape index (κ3) is 2.96. The van der Waals surface area contributed by atoms with Crippen LogP contribution in [0.25, 0.3) is 0 Å². The van der Waals surface area contributed by atoms with Crippen molar-refractivity contribution in [2.24, 2.45) is 0 Å². The first-order valence-corrected chi connectivity index (χ1v) is 7.25. The van der Waals surface area contributed by atoms with Crippen LogP contribution in [0.4, 0.5) is 5.69 Å². The molecule has 0 atom stereocenters. The zero-order valence-electron chi connectivity index (χ0n) is 13.4. The van der Waals surface area contributed by atoms with Crippen molar-refractivity contribution in [2.75, 3.05) is 18.6 Å². The first-order valence-electron chi connectivity index (χ1n) is 7.25. The fraction of sp³-hybridized carbons (Fsp3) is 0.333. The summed E-state index contributed by atoms with van der Waals surface area (Å²) in [5.74, 6) is -0.725. The molecule has 2 rings (SSSR count). The molecule has 1 aliphatic rings. The lowest BCUT2D eigenvalue weighted by atomic mass is 9.83. The maximum absolute atomic E-state index is 12.1. The van der Waals surface area contributed by atoms with Gasteiger partial charge in [0.15, 0.2) is 12.4 Å². The molecule has 1 heterocycles. The number of allylic oxidation sites excluding steroid dienone is 2. The van der Waals surface area contributed by atoms with Crippen molar-refractivity contribution in [3.05, 3.63) is 53.8 Å². The molecule has 0 saturated carbocycles. The van der Waals surface area contributed by atoms with E-state index in [1.165, 1.54) is 11.6 Å². The monoisotopic (exact) mass is 299 g/mol. The molecule has 0 unspecified atom stereocenters. The molecule has 4 heteroatoms. The summed E-state index contributed by atoms with van der Waals surface area (Å²) >= 11 is 0. The van der Waals surface area contributed by atoms with E-state index >= 15 is 0 Å². The first-order chi connectivity index (χ1) is 10.4. The van der Waals surface area contributed by atoms with Crippen LogP contribution in [0.5, 0.6) is 0 Å². The number of fused-ring (bicyclic) bond motifs is 1. The van der Waals surface area contributed by atoms with E-state index in [1.54, 1.807) is 19.1 Å². The number of esters is 1. The fourth-order valence-electron chi connectivity index (χ4n) is 2.78. The SMILES string of the molecule is CC=CC(=O)OCC(=O)C=C1N(C)c2ccccc2C1(C)C. The topological polar surface area (TPSA) is 46.6 Å². The number of ketones is 1. The van der Waals surface area contributed by atoms with Crippen LogP contribution in [0.2, 0.25) is 0 Å². The van der Waals surface area contributed by atoms with Crippen LogP contribution in [0.1, 0.15) is 26.3 Å². The van der Waals surface area contributed by atoms with E-state index in [2.05, 4.69) is 19.9 Å². The Morgan fingerprint density at radius 1 is 1.27 bits per heavy atom. The molecule has 0 fully saturated rings. The van der Waals surface area contributed by atoms with Gasteiger partial charge in [0.05, 0.1) is 0 Å². The van der Waals surface area contributed by atoms with E-state index in [0.29, 0.717) is 0 Å². The summed E-state index contributed by atoms with van der Waals surface area (Å²) in [7, 11) is 1.94. The summed E-state index contributed by atoms with van der Waals surface area (Å²) in [5, 5.41) is 0. The predicted molar refractivity (Wildman–Crippen MR) is 86.7 cm³/mol. The molecule has 0 aliphatic carbocycles. The number of anilines is 1. The summed E-state index contributed by atoms with van der Waals surface area (Å²) in [4.78, 5) is 25.4. The van der Waals surface area contributed by atoms with Gasteiger partial charge in [0, 0.05) is 36.0 Å². The molecule has 4 nitrogen and oxygen atoms in total. The first kappa shape index (κ1) is 16.0. The van der Waals surface area contributed by atoms with Crippen molar-refractivity contribution >= 4 is 17.4 Å². The lowest BCUT2D eigenvalue weighted by Gasteiger charge is -2.23.